The lowest BCUT2D eigenvalue weighted by atomic mass is 10.3. The van der Waals surface area contributed by atoms with Gasteiger partial charge in [0.15, 0.2) is 5.75 Å². The van der Waals surface area contributed by atoms with Gasteiger partial charge in [0.2, 0.25) is 0 Å². The Labute approximate surface area is 117 Å². The highest BCUT2D eigenvalue weighted by Gasteiger charge is 2.13. The van der Waals surface area contributed by atoms with Crippen LogP contribution in [0, 0.1) is 6.92 Å². The van der Waals surface area contributed by atoms with E-state index < -0.39 is 0 Å². The Bertz CT molecular complexity index is 590. The largest absolute Gasteiger partial charge is 0.505 e. The van der Waals surface area contributed by atoms with Gasteiger partial charge < -0.3 is 10.4 Å². The second-order valence-electron chi connectivity index (χ2n) is 3.51. The molecule has 18 heavy (non-hydrogen) atoms. The summed E-state index contributed by atoms with van der Waals surface area (Å²) in [7, 11) is 0. The van der Waals surface area contributed by atoms with E-state index >= 15 is 0 Å². The van der Waals surface area contributed by atoms with E-state index in [1.54, 1.807) is 12.4 Å². The van der Waals surface area contributed by atoms with Crippen molar-refractivity contribution in [1.29, 1.82) is 0 Å². The number of aromatic hydroxyl groups is 1. The number of carbonyl (C=O) groups is 1. The zero-order chi connectivity index (χ0) is 13.3. The van der Waals surface area contributed by atoms with E-state index in [1.165, 1.54) is 23.5 Å². The maximum absolute atomic E-state index is 11.9. The topological polar surface area (TPSA) is 62.2 Å². The van der Waals surface area contributed by atoms with Crippen molar-refractivity contribution in [3.63, 3.8) is 0 Å². The number of phenolic OH excluding ortho intramolecular Hbond substituents is 1. The molecule has 4 nitrogen and oxygen atoms in total. The first-order valence-corrected chi connectivity index (χ1v) is 6.52. The highest BCUT2D eigenvalue weighted by atomic mass is 35.5. The Kier molecular flexibility index (Phi) is 3.75. The van der Waals surface area contributed by atoms with Crippen LogP contribution in [0.2, 0.25) is 10.0 Å². The molecule has 0 aliphatic rings. The molecule has 0 saturated carbocycles. The number of amides is 1. The molecule has 0 fully saturated rings. The summed E-state index contributed by atoms with van der Waals surface area (Å²) in [5.41, 5.74) is 2.68. The zero-order valence-electron chi connectivity index (χ0n) is 9.20. The maximum Gasteiger partial charge on any atom is 0.267 e. The number of phenols is 1. The first-order chi connectivity index (χ1) is 8.49. The summed E-state index contributed by atoms with van der Waals surface area (Å²) in [6.07, 6.45) is 0. The predicted octanol–water partition coefficient (Wildman–Crippen LogP) is 3.72. The van der Waals surface area contributed by atoms with Gasteiger partial charge in [-0.15, -0.1) is 11.3 Å². The molecule has 7 heteroatoms. The van der Waals surface area contributed by atoms with Crippen LogP contribution < -0.4 is 5.32 Å². The molecule has 0 aliphatic heterocycles. The number of carbonyl (C=O) groups excluding carboxylic acids is 1. The number of aromatic nitrogens is 1. The molecule has 0 saturated heterocycles. The Morgan fingerprint density at radius 3 is 2.50 bits per heavy atom. The average Bonchev–Trinajstić information content (AvgIpc) is 2.72. The number of thiazole rings is 1. The third-order valence-corrected chi connectivity index (χ3v) is 3.73. The summed E-state index contributed by atoms with van der Waals surface area (Å²) in [5, 5.41) is 12.2. The molecule has 1 heterocycles. The number of anilines is 1. The molecule has 2 rings (SSSR count). The van der Waals surface area contributed by atoms with Crippen molar-refractivity contribution in [2.24, 2.45) is 0 Å². The molecule has 0 spiro atoms. The van der Waals surface area contributed by atoms with Gasteiger partial charge >= 0.3 is 0 Å². The molecule has 2 N–H and O–H groups in total. The Hall–Kier alpha value is -1.30. The maximum atomic E-state index is 11.9. The number of halogens is 2. The highest BCUT2D eigenvalue weighted by Crippen LogP contribution is 2.34. The SMILES string of the molecule is Cc1ncsc1C(=O)Nc1cc(Cl)c(O)c(Cl)c1. The van der Waals surface area contributed by atoms with Crippen molar-refractivity contribution in [2.45, 2.75) is 6.92 Å². The van der Waals surface area contributed by atoms with Gasteiger partial charge in [-0.3, -0.25) is 4.79 Å². The number of hydrogen-bond donors (Lipinski definition) is 2. The number of rotatable bonds is 2. The Morgan fingerprint density at radius 1 is 1.39 bits per heavy atom. The normalized spacial score (nSPS) is 10.4. The Balaban J connectivity index is 2.25. The molecule has 1 aromatic heterocycles. The van der Waals surface area contributed by atoms with E-state index in [2.05, 4.69) is 10.3 Å². The first kappa shape index (κ1) is 13.1. The zero-order valence-corrected chi connectivity index (χ0v) is 11.5. The smallest absolute Gasteiger partial charge is 0.267 e. The van der Waals surface area contributed by atoms with Crippen molar-refractivity contribution in [3.8, 4) is 5.75 Å². The van der Waals surface area contributed by atoms with E-state index in [0.717, 1.165) is 0 Å². The van der Waals surface area contributed by atoms with E-state index in [9.17, 15) is 9.90 Å². The Morgan fingerprint density at radius 2 is 2.00 bits per heavy atom. The summed E-state index contributed by atoms with van der Waals surface area (Å²) in [5.74, 6) is -0.488. The summed E-state index contributed by atoms with van der Waals surface area (Å²) >= 11 is 12.8. The lowest BCUT2D eigenvalue weighted by Gasteiger charge is -2.07. The molecule has 0 aliphatic carbocycles. The van der Waals surface area contributed by atoms with Crippen LogP contribution in [-0.2, 0) is 0 Å². The van der Waals surface area contributed by atoms with Gasteiger partial charge in [0.05, 0.1) is 21.2 Å². The number of aryl methyl sites for hydroxylation is 1. The van der Waals surface area contributed by atoms with Crippen LogP contribution >= 0.6 is 34.5 Å². The van der Waals surface area contributed by atoms with E-state index in [4.69, 9.17) is 23.2 Å². The first-order valence-electron chi connectivity index (χ1n) is 4.88. The molecule has 1 aromatic carbocycles. The molecular weight excluding hydrogens is 295 g/mol. The van der Waals surface area contributed by atoms with E-state index in [-0.39, 0.29) is 21.7 Å². The monoisotopic (exact) mass is 302 g/mol. The van der Waals surface area contributed by atoms with Crippen molar-refractivity contribution in [2.75, 3.05) is 5.32 Å². The van der Waals surface area contributed by atoms with Crippen LogP contribution in [-0.4, -0.2) is 16.0 Å². The highest BCUT2D eigenvalue weighted by molar-refractivity contribution is 7.12. The van der Waals surface area contributed by atoms with Gasteiger partial charge in [-0.2, -0.15) is 0 Å². The van der Waals surface area contributed by atoms with Crippen LogP contribution in [0.5, 0.6) is 5.75 Å². The standard InChI is InChI=1S/C11H8Cl2N2O2S/c1-5-10(18-4-14-5)11(17)15-6-2-7(12)9(16)8(13)3-6/h2-4,16H,1H3,(H,15,17). The van der Waals surface area contributed by atoms with Crippen LogP contribution in [0.25, 0.3) is 0 Å². The number of nitrogens with one attached hydrogen (secondary N) is 1. The third kappa shape index (κ3) is 2.58. The van der Waals surface area contributed by atoms with Gasteiger partial charge in [-0.05, 0) is 19.1 Å². The predicted molar refractivity (Wildman–Crippen MR) is 72.9 cm³/mol. The van der Waals surface area contributed by atoms with Crippen molar-refractivity contribution >= 4 is 46.1 Å². The summed E-state index contributed by atoms with van der Waals surface area (Å²) in [4.78, 5) is 16.4. The fraction of sp³-hybridized carbons (Fsp3) is 0.0909. The molecule has 2 aromatic rings. The summed E-state index contributed by atoms with van der Waals surface area (Å²) in [6.45, 7) is 1.75. The minimum atomic E-state index is -0.284. The molecule has 0 radical (unpaired) electrons. The minimum absolute atomic E-state index is 0.0822. The average molecular weight is 303 g/mol. The lowest BCUT2D eigenvalue weighted by Crippen LogP contribution is -2.11. The van der Waals surface area contributed by atoms with Crippen molar-refractivity contribution in [3.05, 3.63) is 38.3 Å². The fourth-order valence-corrected chi connectivity index (χ4v) is 2.53. The van der Waals surface area contributed by atoms with Crippen LogP contribution in [0.15, 0.2) is 17.6 Å². The van der Waals surface area contributed by atoms with Gasteiger partial charge in [-0.1, -0.05) is 23.2 Å². The molecule has 1 amide bonds. The number of nitrogens with zero attached hydrogens (tertiary/aromatic N) is 1. The van der Waals surface area contributed by atoms with Crippen molar-refractivity contribution < 1.29 is 9.90 Å². The second kappa shape index (κ2) is 5.14. The van der Waals surface area contributed by atoms with Crippen molar-refractivity contribution in [1.82, 2.24) is 4.98 Å². The van der Waals surface area contributed by atoms with Gasteiger partial charge in [-0.25, -0.2) is 4.98 Å². The van der Waals surface area contributed by atoms with Crippen LogP contribution in [0.3, 0.4) is 0 Å². The van der Waals surface area contributed by atoms with E-state index in [1.807, 2.05) is 0 Å². The summed E-state index contributed by atoms with van der Waals surface area (Å²) in [6, 6.07) is 2.86. The fourth-order valence-electron chi connectivity index (χ4n) is 1.35. The molecular formula is C11H8Cl2N2O2S. The minimum Gasteiger partial charge on any atom is -0.505 e. The van der Waals surface area contributed by atoms with Gasteiger partial charge in [0.1, 0.15) is 4.88 Å². The quantitative estimate of drug-likeness (QED) is 0.831. The second-order valence-corrected chi connectivity index (χ2v) is 5.18. The number of hydrogen-bond acceptors (Lipinski definition) is 4. The summed E-state index contributed by atoms with van der Waals surface area (Å²) < 4.78 is 0. The van der Waals surface area contributed by atoms with E-state index in [0.29, 0.717) is 16.3 Å². The lowest BCUT2D eigenvalue weighted by molar-refractivity contribution is 0.103. The molecule has 94 valence electrons. The van der Waals surface area contributed by atoms with Gasteiger partial charge in [0, 0.05) is 5.69 Å². The van der Waals surface area contributed by atoms with Crippen LogP contribution in [0.1, 0.15) is 15.4 Å². The molecule has 0 bridgehead atoms. The molecule has 0 atom stereocenters. The third-order valence-electron chi connectivity index (χ3n) is 2.23. The van der Waals surface area contributed by atoms with Gasteiger partial charge in [0.25, 0.3) is 5.91 Å². The van der Waals surface area contributed by atoms with Crippen LogP contribution in [0.4, 0.5) is 5.69 Å². The number of benzene rings is 1. The molecule has 0 unspecified atom stereocenters.